The lowest BCUT2D eigenvalue weighted by atomic mass is 10.1. The fourth-order valence-corrected chi connectivity index (χ4v) is 3.86. The zero-order chi connectivity index (χ0) is 17.2. The number of pyridine rings is 1. The molecule has 6 heteroatoms. The monoisotopic (exact) mass is 343 g/mol. The van der Waals surface area contributed by atoms with Crippen molar-refractivity contribution in [2.75, 3.05) is 32.8 Å². The van der Waals surface area contributed by atoms with Crippen LogP contribution in [0.3, 0.4) is 0 Å². The van der Waals surface area contributed by atoms with Crippen LogP contribution in [-0.4, -0.2) is 59.6 Å². The van der Waals surface area contributed by atoms with Crippen molar-refractivity contribution in [3.8, 4) is 0 Å². The molecule has 0 radical (unpaired) electrons. The first-order valence-electron chi connectivity index (χ1n) is 8.86. The number of morpholine rings is 1. The van der Waals surface area contributed by atoms with Crippen LogP contribution in [-0.2, 0) is 16.1 Å². The molecule has 0 aliphatic carbocycles. The van der Waals surface area contributed by atoms with Gasteiger partial charge in [0, 0.05) is 31.2 Å². The Balaban J connectivity index is 1.56. The number of carbonyl (C=O) groups is 1. The second-order valence-corrected chi connectivity index (χ2v) is 6.71. The van der Waals surface area contributed by atoms with Gasteiger partial charge in [-0.1, -0.05) is 6.07 Å². The number of aromatic nitrogens is 1. The van der Waals surface area contributed by atoms with Gasteiger partial charge in [0.25, 0.3) is 0 Å². The number of hydrogen-bond donors (Lipinski definition) is 0. The molecule has 2 saturated heterocycles. The fourth-order valence-electron chi connectivity index (χ4n) is 3.86. The molecule has 4 rings (SSSR count). The molecule has 0 unspecified atom stereocenters. The molecule has 0 saturated carbocycles. The third-order valence-electron chi connectivity index (χ3n) is 5.09. The maximum Gasteiger partial charge on any atom is 0.240 e. The Morgan fingerprint density at radius 3 is 2.96 bits per heavy atom. The minimum absolute atomic E-state index is 0.125. The van der Waals surface area contributed by atoms with Crippen LogP contribution in [0.4, 0.5) is 4.39 Å². The molecule has 25 heavy (non-hydrogen) atoms. The van der Waals surface area contributed by atoms with Crippen LogP contribution in [0.2, 0.25) is 0 Å². The predicted octanol–water partition coefficient (Wildman–Crippen LogP) is 2.20. The number of halogens is 1. The van der Waals surface area contributed by atoms with Crippen molar-refractivity contribution in [2.45, 2.75) is 25.4 Å². The molecule has 2 fully saturated rings. The van der Waals surface area contributed by atoms with Crippen molar-refractivity contribution in [3.05, 3.63) is 41.8 Å². The standard InChI is InChI=1S/C19H22FN3O2/c20-16-11-14-3-1-5-21-18(14)15(12-16)13-23-6-2-4-17(23)19(24)22-7-9-25-10-8-22/h1,3,5,11-12,17H,2,4,6-10,13H2/t17-/m0/s1. The number of hydrogen-bond acceptors (Lipinski definition) is 4. The Morgan fingerprint density at radius 2 is 2.12 bits per heavy atom. The normalized spacial score (nSPS) is 21.8. The Labute approximate surface area is 146 Å². The molecular formula is C19H22FN3O2. The Kier molecular flexibility index (Phi) is 4.63. The van der Waals surface area contributed by atoms with Gasteiger partial charge < -0.3 is 9.64 Å². The number of carbonyl (C=O) groups excluding carboxylic acids is 1. The second kappa shape index (κ2) is 7.06. The van der Waals surface area contributed by atoms with E-state index in [1.807, 2.05) is 17.0 Å². The van der Waals surface area contributed by atoms with Crippen molar-refractivity contribution in [2.24, 2.45) is 0 Å². The topological polar surface area (TPSA) is 45.7 Å². The average Bonchev–Trinajstić information content (AvgIpc) is 3.10. The van der Waals surface area contributed by atoms with Crippen LogP contribution < -0.4 is 0 Å². The number of likely N-dealkylation sites (tertiary alicyclic amines) is 1. The fraction of sp³-hybridized carbons (Fsp3) is 0.474. The summed E-state index contributed by atoms with van der Waals surface area (Å²) in [6.07, 6.45) is 3.57. The van der Waals surface area contributed by atoms with Gasteiger partial charge in [0.15, 0.2) is 0 Å². The molecule has 0 N–H and O–H groups in total. The van der Waals surface area contributed by atoms with E-state index in [9.17, 15) is 9.18 Å². The third kappa shape index (κ3) is 3.37. The molecule has 1 aromatic carbocycles. The zero-order valence-corrected chi connectivity index (χ0v) is 14.2. The number of fused-ring (bicyclic) bond motifs is 1. The maximum absolute atomic E-state index is 14.0. The van der Waals surface area contributed by atoms with E-state index < -0.39 is 0 Å². The SMILES string of the molecule is O=C([C@@H]1CCCN1Cc1cc(F)cc2cccnc12)N1CCOCC1. The van der Waals surface area contributed by atoms with Gasteiger partial charge in [0.2, 0.25) is 5.91 Å². The lowest BCUT2D eigenvalue weighted by molar-refractivity contribution is -0.140. The van der Waals surface area contributed by atoms with Crippen molar-refractivity contribution in [1.82, 2.24) is 14.8 Å². The number of ether oxygens (including phenoxy) is 1. The van der Waals surface area contributed by atoms with E-state index in [-0.39, 0.29) is 17.8 Å². The van der Waals surface area contributed by atoms with Gasteiger partial charge in [-0.25, -0.2) is 4.39 Å². The van der Waals surface area contributed by atoms with Crippen LogP contribution >= 0.6 is 0 Å². The van der Waals surface area contributed by atoms with Gasteiger partial charge in [0.1, 0.15) is 5.82 Å². The summed E-state index contributed by atoms with van der Waals surface area (Å²) in [6.45, 7) is 3.94. The molecule has 1 aromatic heterocycles. The van der Waals surface area contributed by atoms with Gasteiger partial charge in [-0.3, -0.25) is 14.7 Å². The van der Waals surface area contributed by atoms with E-state index in [4.69, 9.17) is 4.74 Å². The van der Waals surface area contributed by atoms with E-state index in [2.05, 4.69) is 9.88 Å². The third-order valence-corrected chi connectivity index (χ3v) is 5.09. The predicted molar refractivity (Wildman–Crippen MR) is 92.5 cm³/mol. The van der Waals surface area contributed by atoms with E-state index in [1.165, 1.54) is 6.07 Å². The maximum atomic E-state index is 14.0. The number of benzene rings is 1. The van der Waals surface area contributed by atoms with E-state index in [0.29, 0.717) is 32.8 Å². The molecular weight excluding hydrogens is 321 g/mol. The molecule has 132 valence electrons. The summed E-state index contributed by atoms with van der Waals surface area (Å²) in [5.74, 6) is -0.0831. The molecule has 5 nitrogen and oxygen atoms in total. The summed E-state index contributed by atoms with van der Waals surface area (Å²) in [5.41, 5.74) is 1.66. The van der Waals surface area contributed by atoms with Gasteiger partial charge in [-0.15, -0.1) is 0 Å². The van der Waals surface area contributed by atoms with Crippen molar-refractivity contribution >= 4 is 16.8 Å². The molecule has 3 heterocycles. The largest absolute Gasteiger partial charge is 0.378 e. The molecule has 1 atom stereocenters. The lowest BCUT2D eigenvalue weighted by Crippen LogP contribution is -2.49. The zero-order valence-electron chi connectivity index (χ0n) is 14.2. The average molecular weight is 343 g/mol. The first-order chi connectivity index (χ1) is 12.2. The van der Waals surface area contributed by atoms with Gasteiger partial charge in [-0.2, -0.15) is 0 Å². The molecule has 0 spiro atoms. The van der Waals surface area contributed by atoms with Gasteiger partial charge in [-0.05, 0) is 43.1 Å². The molecule has 2 aliphatic rings. The molecule has 2 aromatic rings. The van der Waals surface area contributed by atoms with Crippen LogP contribution in [0, 0.1) is 5.82 Å². The van der Waals surface area contributed by atoms with Crippen molar-refractivity contribution in [1.29, 1.82) is 0 Å². The Hall–Kier alpha value is -2.05. The Bertz CT molecular complexity index is 776. The van der Waals surface area contributed by atoms with Crippen LogP contribution in [0.25, 0.3) is 10.9 Å². The van der Waals surface area contributed by atoms with Crippen LogP contribution in [0.1, 0.15) is 18.4 Å². The minimum atomic E-state index is -0.259. The van der Waals surface area contributed by atoms with Crippen molar-refractivity contribution in [3.63, 3.8) is 0 Å². The summed E-state index contributed by atoms with van der Waals surface area (Å²) in [6, 6.07) is 6.61. The van der Waals surface area contributed by atoms with Crippen molar-refractivity contribution < 1.29 is 13.9 Å². The van der Waals surface area contributed by atoms with Gasteiger partial charge >= 0.3 is 0 Å². The second-order valence-electron chi connectivity index (χ2n) is 6.71. The molecule has 1 amide bonds. The summed E-state index contributed by atoms with van der Waals surface area (Å²) < 4.78 is 19.3. The van der Waals surface area contributed by atoms with Crippen LogP contribution in [0.15, 0.2) is 30.5 Å². The van der Waals surface area contributed by atoms with Gasteiger partial charge in [0.05, 0.1) is 24.8 Å². The number of amides is 1. The first kappa shape index (κ1) is 16.4. The summed E-state index contributed by atoms with van der Waals surface area (Å²) in [4.78, 5) is 21.4. The first-order valence-corrected chi connectivity index (χ1v) is 8.86. The minimum Gasteiger partial charge on any atom is -0.378 e. The number of nitrogens with zero attached hydrogens (tertiary/aromatic N) is 3. The van der Waals surface area contributed by atoms with E-state index >= 15 is 0 Å². The summed E-state index contributed by atoms with van der Waals surface area (Å²) >= 11 is 0. The highest BCUT2D eigenvalue weighted by Gasteiger charge is 2.34. The van der Waals surface area contributed by atoms with Crippen LogP contribution in [0.5, 0.6) is 0 Å². The number of rotatable bonds is 3. The lowest BCUT2D eigenvalue weighted by Gasteiger charge is -2.32. The van der Waals surface area contributed by atoms with E-state index in [0.717, 1.165) is 35.9 Å². The summed E-state index contributed by atoms with van der Waals surface area (Å²) in [7, 11) is 0. The highest BCUT2D eigenvalue weighted by molar-refractivity contribution is 5.83. The summed E-state index contributed by atoms with van der Waals surface area (Å²) in [5, 5.41) is 0.799. The highest BCUT2D eigenvalue weighted by Crippen LogP contribution is 2.26. The smallest absolute Gasteiger partial charge is 0.240 e. The molecule has 0 bridgehead atoms. The highest BCUT2D eigenvalue weighted by atomic mass is 19.1. The molecule has 2 aliphatic heterocycles. The Morgan fingerprint density at radius 1 is 1.28 bits per heavy atom. The quantitative estimate of drug-likeness (QED) is 0.857. The van der Waals surface area contributed by atoms with E-state index in [1.54, 1.807) is 12.3 Å².